The maximum absolute atomic E-state index is 14.4. The number of benzene rings is 2. The molecule has 1 aromatic heterocycles. The van der Waals surface area contributed by atoms with Crippen molar-refractivity contribution in [3.05, 3.63) is 59.0 Å². The van der Waals surface area contributed by atoms with Gasteiger partial charge in [0.1, 0.15) is 11.5 Å². The summed E-state index contributed by atoms with van der Waals surface area (Å²) in [7, 11) is -3.19. The Balaban J connectivity index is 1.55. The maximum Gasteiger partial charge on any atom is 0.262 e. The van der Waals surface area contributed by atoms with E-state index in [1.54, 1.807) is 30.8 Å². The van der Waals surface area contributed by atoms with Crippen LogP contribution >= 0.6 is 11.6 Å². The summed E-state index contributed by atoms with van der Waals surface area (Å²) < 4.78 is 70.7. The van der Waals surface area contributed by atoms with Gasteiger partial charge in [0.15, 0.2) is 5.82 Å². The van der Waals surface area contributed by atoms with Crippen molar-refractivity contribution in [2.75, 3.05) is 54.8 Å². The van der Waals surface area contributed by atoms with E-state index >= 15 is 0 Å². The average Bonchev–Trinajstić information content (AvgIpc) is 3.11. The summed E-state index contributed by atoms with van der Waals surface area (Å²) in [6, 6.07) is 9.60. The average molecular weight is 571 g/mol. The molecular formula is C23H28ClFN6O4S2. The lowest BCUT2D eigenvalue weighted by Gasteiger charge is -2.37. The fourth-order valence-corrected chi connectivity index (χ4v) is 6.40. The molecule has 14 heteroatoms. The number of aryl methyl sites for hydroxylation is 2. The predicted octanol–water partition coefficient (Wildman–Crippen LogP) is 2.90. The van der Waals surface area contributed by atoms with Crippen LogP contribution in [0.2, 0.25) is 5.02 Å². The zero-order chi connectivity index (χ0) is 27.1. The minimum atomic E-state index is -4.04. The Morgan fingerprint density at radius 3 is 2.08 bits per heavy atom. The Bertz CT molecular complexity index is 1520. The van der Waals surface area contributed by atoms with Crippen LogP contribution in [-0.2, 0) is 27.1 Å². The third kappa shape index (κ3) is 5.40. The molecule has 1 fully saturated rings. The summed E-state index contributed by atoms with van der Waals surface area (Å²) in [5, 5.41) is 4.74. The van der Waals surface area contributed by atoms with Gasteiger partial charge in [-0.3, -0.25) is 9.40 Å². The molecule has 1 aliphatic heterocycles. The zero-order valence-corrected chi connectivity index (χ0v) is 23.2. The first-order chi connectivity index (χ1) is 17.3. The van der Waals surface area contributed by atoms with Gasteiger partial charge in [-0.1, -0.05) is 11.6 Å². The fourth-order valence-electron chi connectivity index (χ4n) is 4.22. The van der Waals surface area contributed by atoms with E-state index < -0.39 is 25.9 Å². The molecule has 0 aliphatic carbocycles. The monoisotopic (exact) mass is 570 g/mol. The van der Waals surface area contributed by atoms with Gasteiger partial charge in [-0.2, -0.15) is 5.10 Å². The highest BCUT2D eigenvalue weighted by Gasteiger charge is 2.28. The molecule has 0 unspecified atom stereocenters. The standard InChI is InChI=1S/C23H28ClFN6O4S2/c1-16-22(27-36(32,33)18-6-8-19(9-7-18)37(34,35)28(2)3)23(29(4)26-16)31-13-11-30(12-14-31)21-10-5-17(24)15-20(21)25/h5-10,15,27H,11-14H2,1-4H3. The van der Waals surface area contributed by atoms with E-state index in [0.29, 0.717) is 54.1 Å². The number of anilines is 3. The number of hydrogen-bond acceptors (Lipinski definition) is 7. The van der Waals surface area contributed by atoms with E-state index in [-0.39, 0.29) is 9.79 Å². The molecule has 37 heavy (non-hydrogen) atoms. The minimum Gasteiger partial charge on any atom is -0.366 e. The van der Waals surface area contributed by atoms with Crippen molar-refractivity contribution in [3.8, 4) is 0 Å². The normalized spacial score (nSPS) is 14.9. The van der Waals surface area contributed by atoms with E-state index in [2.05, 4.69) is 9.82 Å². The lowest BCUT2D eigenvalue weighted by molar-refractivity contribution is 0.520. The van der Waals surface area contributed by atoms with Crippen molar-refractivity contribution in [1.82, 2.24) is 14.1 Å². The molecule has 0 amide bonds. The summed E-state index contributed by atoms with van der Waals surface area (Å²) in [5.74, 6) is 0.194. The highest BCUT2D eigenvalue weighted by atomic mass is 35.5. The Kier molecular flexibility index (Phi) is 7.43. The zero-order valence-electron chi connectivity index (χ0n) is 20.8. The number of hydrogen-bond donors (Lipinski definition) is 1. The van der Waals surface area contributed by atoms with Crippen molar-refractivity contribution in [1.29, 1.82) is 0 Å². The Morgan fingerprint density at radius 2 is 1.51 bits per heavy atom. The van der Waals surface area contributed by atoms with Crippen LogP contribution in [0.1, 0.15) is 5.69 Å². The van der Waals surface area contributed by atoms with Crippen LogP contribution < -0.4 is 14.5 Å². The lowest BCUT2D eigenvalue weighted by Crippen LogP contribution is -2.47. The molecule has 1 saturated heterocycles. The molecule has 0 atom stereocenters. The molecular weight excluding hydrogens is 543 g/mol. The van der Waals surface area contributed by atoms with Gasteiger partial charge in [-0.05, 0) is 49.4 Å². The molecule has 4 rings (SSSR count). The van der Waals surface area contributed by atoms with Crippen molar-refractivity contribution < 1.29 is 21.2 Å². The topological polar surface area (TPSA) is 108 Å². The van der Waals surface area contributed by atoms with Crippen LogP contribution in [0, 0.1) is 12.7 Å². The molecule has 2 aromatic carbocycles. The van der Waals surface area contributed by atoms with Gasteiger partial charge in [0.2, 0.25) is 10.0 Å². The van der Waals surface area contributed by atoms with Crippen molar-refractivity contribution in [2.24, 2.45) is 7.05 Å². The number of nitrogens with one attached hydrogen (secondary N) is 1. The summed E-state index contributed by atoms with van der Waals surface area (Å²) >= 11 is 5.87. The lowest BCUT2D eigenvalue weighted by atomic mass is 10.2. The number of halogens is 2. The Hall–Kier alpha value is -2.87. The van der Waals surface area contributed by atoms with Crippen LogP contribution in [0.5, 0.6) is 0 Å². The van der Waals surface area contributed by atoms with Crippen LogP contribution in [0.3, 0.4) is 0 Å². The number of sulfonamides is 2. The van der Waals surface area contributed by atoms with Crippen LogP contribution in [0.25, 0.3) is 0 Å². The minimum absolute atomic E-state index is 0.00954. The highest BCUT2D eigenvalue weighted by Crippen LogP contribution is 2.33. The number of nitrogens with zero attached hydrogens (tertiary/aromatic N) is 5. The quantitative estimate of drug-likeness (QED) is 0.465. The third-order valence-electron chi connectivity index (χ3n) is 6.17. The number of piperazine rings is 1. The first-order valence-corrected chi connectivity index (χ1v) is 14.7. The summed E-state index contributed by atoms with van der Waals surface area (Å²) in [4.78, 5) is 3.82. The second-order valence-corrected chi connectivity index (χ2v) is 13.1. The van der Waals surface area contributed by atoms with Gasteiger partial charge in [0, 0.05) is 52.3 Å². The van der Waals surface area contributed by atoms with E-state index in [9.17, 15) is 21.2 Å². The van der Waals surface area contributed by atoms with Gasteiger partial charge in [0.05, 0.1) is 21.2 Å². The van der Waals surface area contributed by atoms with E-state index in [1.165, 1.54) is 44.4 Å². The van der Waals surface area contributed by atoms with Gasteiger partial charge >= 0.3 is 0 Å². The molecule has 1 N–H and O–H groups in total. The van der Waals surface area contributed by atoms with Crippen LogP contribution in [0.4, 0.5) is 21.6 Å². The van der Waals surface area contributed by atoms with E-state index in [0.717, 1.165) is 4.31 Å². The van der Waals surface area contributed by atoms with Gasteiger partial charge in [-0.25, -0.2) is 25.5 Å². The Morgan fingerprint density at radius 1 is 0.946 bits per heavy atom. The van der Waals surface area contributed by atoms with Crippen LogP contribution in [0.15, 0.2) is 52.3 Å². The van der Waals surface area contributed by atoms with Crippen molar-refractivity contribution >= 4 is 48.8 Å². The first kappa shape index (κ1) is 27.2. The smallest absolute Gasteiger partial charge is 0.262 e. The number of rotatable bonds is 7. The summed E-state index contributed by atoms with van der Waals surface area (Å²) in [6.07, 6.45) is 0. The predicted molar refractivity (Wildman–Crippen MR) is 142 cm³/mol. The first-order valence-electron chi connectivity index (χ1n) is 11.3. The largest absolute Gasteiger partial charge is 0.366 e. The number of aromatic nitrogens is 2. The van der Waals surface area contributed by atoms with Gasteiger partial charge in [0.25, 0.3) is 10.0 Å². The summed E-state index contributed by atoms with van der Waals surface area (Å²) in [6.45, 7) is 3.74. The molecule has 10 nitrogen and oxygen atoms in total. The second kappa shape index (κ2) is 10.1. The molecule has 2 heterocycles. The fraction of sp³-hybridized carbons (Fsp3) is 0.348. The second-order valence-electron chi connectivity index (χ2n) is 8.84. The molecule has 0 bridgehead atoms. The SMILES string of the molecule is Cc1nn(C)c(N2CCN(c3ccc(Cl)cc3F)CC2)c1NS(=O)(=O)c1ccc(S(=O)(=O)N(C)C)cc1. The molecule has 0 radical (unpaired) electrons. The van der Waals surface area contributed by atoms with Gasteiger partial charge in [-0.15, -0.1) is 0 Å². The van der Waals surface area contributed by atoms with Crippen LogP contribution in [-0.4, -0.2) is 71.2 Å². The highest BCUT2D eigenvalue weighted by molar-refractivity contribution is 7.92. The Labute approximate surface area is 221 Å². The molecule has 0 spiro atoms. The van der Waals surface area contributed by atoms with E-state index in [4.69, 9.17) is 11.6 Å². The molecule has 200 valence electrons. The van der Waals surface area contributed by atoms with Crippen molar-refractivity contribution in [2.45, 2.75) is 16.7 Å². The molecule has 3 aromatic rings. The van der Waals surface area contributed by atoms with E-state index in [1.807, 2.05) is 9.80 Å². The molecule has 0 saturated carbocycles. The molecule has 1 aliphatic rings. The van der Waals surface area contributed by atoms with Crippen molar-refractivity contribution in [3.63, 3.8) is 0 Å². The van der Waals surface area contributed by atoms with Gasteiger partial charge < -0.3 is 9.80 Å². The third-order valence-corrected chi connectivity index (χ3v) is 9.60. The maximum atomic E-state index is 14.4. The summed E-state index contributed by atoms with van der Waals surface area (Å²) in [5.41, 5.74) is 1.28.